The van der Waals surface area contributed by atoms with E-state index < -0.39 is 30.5 Å². The lowest BCUT2D eigenvalue weighted by atomic mass is 10.0. The monoisotopic (exact) mass is 394 g/mol. The van der Waals surface area contributed by atoms with Crippen LogP contribution in [-0.4, -0.2) is 40.1 Å². The van der Waals surface area contributed by atoms with Crippen LogP contribution < -0.4 is 5.32 Å². The third kappa shape index (κ3) is 3.75. The average molecular weight is 394 g/mol. The van der Waals surface area contributed by atoms with Crippen LogP contribution in [0.3, 0.4) is 0 Å². The molecule has 0 fully saturated rings. The van der Waals surface area contributed by atoms with Gasteiger partial charge in [0.1, 0.15) is 17.2 Å². The number of hydrogen-bond donors (Lipinski definition) is 3. The Morgan fingerprint density at radius 2 is 1.79 bits per heavy atom. The normalized spacial score (nSPS) is 13.6. The molecule has 146 valence electrons. The van der Waals surface area contributed by atoms with E-state index in [9.17, 15) is 28.0 Å². The van der Waals surface area contributed by atoms with Gasteiger partial charge in [0.15, 0.2) is 0 Å². The number of nitrogens with zero attached hydrogens (tertiary/aromatic N) is 1. The van der Waals surface area contributed by atoms with E-state index in [0.717, 1.165) is 5.39 Å². The Morgan fingerprint density at radius 3 is 2.43 bits per heavy atom. The van der Waals surface area contributed by atoms with Crippen molar-refractivity contribution < 1.29 is 37.5 Å². The van der Waals surface area contributed by atoms with Gasteiger partial charge in [-0.2, -0.15) is 13.2 Å². The van der Waals surface area contributed by atoms with Gasteiger partial charge in [-0.3, -0.25) is 4.79 Å². The number of carboxylic acid groups (broad SMARTS) is 1. The number of aliphatic carboxylic acids is 1. The van der Waals surface area contributed by atoms with E-state index in [4.69, 9.17) is 9.52 Å². The quantitative estimate of drug-likeness (QED) is 0.349. The molecule has 0 saturated carbocycles. The molecule has 0 aliphatic heterocycles. The molecule has 0 unspecified atom stereocenters. The van der Waals surface area contributed by atoms with Crippen molar-refractivity contribution in [2.24, 2.45) is 5.16 Å². The van der Waals surface area contributed by atoms with Crippen molar-refractivity contribution in [1.29, 1.82) is 0 Å². The Kier molecular flexibility index (Phi) is 4.95. The third-order valence-electron chi connectivity index (χ3n) is 4.09. The Balaban J connectivity index is 1.92. The fourth-order valence-electron chi connectivity index (χ4n) is 2.76. The Labute approximate surface area is 155 Å². The van der Waals surface area contributed by atoms with Crippen molar-refractivity contribution >= 4 is 39.5 Å². The summed E-state index contributed by atoms with van der Waals surface area (Å²) < 4.78 is 42.9. The molecule has 10 heteroatoms. The molecule has 7 nitrogen and oxygen atoms in total. The number of para-hydroxylation sites is 1. The predicted octanol–water partition coefficient (Wildman–Crippen LogP) is 3.29. The average Bonchev–Trinajstić information content (AvgIpc) is 3.01. The number of furan rings is 1. The SMILES string of the molecule is O=C(O)[C@H](C/C(=N\O)c1ccc2oc3ccccc3c2c1)NC(=O)C(F)(F)F. The summed E-state index contributed by atoms with van der Waals surface area (Å²) in [5, 5.41) is 24.2. The Bertz CT molecular complexity index is 1090. The van der Waals surface area contributed by atoms with Crippen LogP contribution in [0.25, 0.3) is 21.9 Å². The molecule has 0 bridgehead atoms. The van der Waals surface area contributed by atoms with Gasteiger partial charge in [0.05, 0.1) is 5.71 Å². The zero-order chi connectivity index (χ0) is 20.5. The number of nitrogens with one attached hydrogen (secondary N) is 1. The first-order chi connectivity index (χ1) is 13.2. The molecular weight excluding hydrogens is 381 g/mol. The van der Waals surface area contributed by atoms with E-state index in [-0.39, 0.29) is 11.3 Å². The number of rotatable bonds is 5. The fourth-order valence-corrected chi connectivity index (χ4v) is 2.76. The Morgan fingerprint density at radius 1 is 1.11 bits per heavy atom. The molecule has 0 spiro atoms. The second-order valence-corrected chi connectivity index (χ2v) is 5.92. The van der Waals surface area contributed by atoms with Gasteiger partial charge in [0, 0.05) is 22.8 Å². The molecule has 0 aliphatic rings. The summed E-state index contributed by atoms with van der Waals surface area (Å²) in [4.78, 5) is 22.3. The van der Waals surface area contributed by atoms with Crippen LogP contribution in [0.15, 0.2) is 52.0 Å². The number of hydrogen-bond acceptors (Lipinski definition) is 5. The van der Waals surface area contributed by atoms with Crippen molar-refractivity contribution in [1.82, 2.24) is 5.32 Å². The minimum Gasteiger partial charge on any atom is -0.480 e. The summed E-state index contributed by atoms with van der Waals surface area (Å²) in [6, 6.07) is 9.81. The van der Waals surface area contributed by atoms with Gasteiger partial charge in [-0.15, -0.1) is 0 Å². The summed E-state index contributed by atoms with van der Waals surface area (Å²) in [6.45, 7) is 0. The van der Waals surface area contributed by atoms with Gasteiger partial charge in [-0.1, -0.05) is 23.4 Å². The summed E-state index contributed by atoms with van der Waals surface area (Å²) in [7, 11) is 0. The number of carbonyl (C=O) groups excluding carboxylic acids is 1. The van der Waals surface area contributed by atoms with Gasteiger partial charge in [0.2, 0.25) is 0 Å². The van der Waals surface area contributed by atoms with Gasteiger partial charge in [-0.05, 0) is 24.3 Å². The first kappa shape index (κ1) is 19.2. The molecule has 3 rings (SSSR count). The lowest BCUT2D eigenvalue weighted by molar-refractivity contribution is -0.175. The minimum atomic E-state index is -5.24. The molecule has 1 amide bonds. The van der Waals surface area contributed by atoms with E-state index in [1.165, 1.54) is 11.4 Å². The van der Waals surface area contributed by atoms with Gasteiger partial charge < -0.3 is 20.0 Å². The maximum absolute atomic E-state index is 12.4. The highest BCUT2D eigenvalue weighted by molar-refractivity contribution is 6.10. The molecule has 1 heterocycles. The van der Waals surface area contributed by atoms with Gasteiger partial charge in [0.25, 0.3) is 0 Å². The number of alkyl halides is 3. The third-order valence-corrected chi connectivity index (χ3v) is 4.09. The molecule has 0 saturated heterocycles. The predicted molar refractivity (Wildman–Crippen MR) is 92.3 cm³/mol. The summed E-state index contributed by atoms with van der Waals surface area (Å²) in [5.41, 5.74) is 1.21. The molecular formula is C18H13F3N2O5. The highest BCUT2D eigenvalue weighted by Gasteiger charge is 2.41. The lowest BCUT2D eigenvalue weighted by Crippen LogP contribution is -2.47. The molecule has 1 aromatic heterocycles. The first-order valence-electron chi connectivity index (χ1n) is 7.94. The van der Waals surface area contributed by atoms with E-state index in [0.29, 0.717) is 16.6 Å². The molecule has 0 aliphatic carbocycles. The van der Waals surface area contributed by atoms with Crippen molar-refractivity contribution in [3.8, 4) is 0 Å². The highest BCUT2D eigenvalue weighted by atomic mass is 19.4. The van der Waals surface area contributed by atoms with Crippen LogP contribution in [0.2, 0.25) is 0 Å². The molecule has 2 aromatic carbocycles. The van der Waals surface area contributed by atoms with Crippen LogP contribution in [-0.2, 0) is 9.59 Å². The smallest absolute Gasteiger partial charge is 0.471 e. The number of carboxylic acids is 1. The van der Waals surface area contributed by atoms with Crippen molar-refractivity contribution in [3.05, 3.63) is 48.0 Å². The number of amides is 1. The topological polar surface area (TPSA) is 112 Å². The summed E-state index contributed by atoms with van der Waals surface area (Å²) >= 11 is 0. The zero-order valence-electron chi connectivity index (χ0n) is 14.0. The lowest BCUT2D eigenvalue weighted by Gasteiger charge is -2.16. The van der Waals surface area contributed by atoms with E-state index in [2.05, 4.69) is 5.16 Å². The summed E-state index contributed by atoms with van der Waals surface area (Å²) in [6.07, 6.45) is -5.90. The number of benzene rings is 2. The van der Waals surface area contributed by atoms with Crippen molar-refractivity contribution in [3.63, 3.8) is 0 Å². The van der Waals surface area contributed by atoms with E-state index in [1.54, 1.807) is 36.4 Å². The van der Waals surface area contributed by atoms with Crippen LogP contribution in [0, 0.1) is 0 Å². The maximum Gasteiger partial charge on any atom is 0.471 e. The number of halogens is 3. The molecule has 3 aromatic rings. The fraction of sp³-hybridized carbons (Fsp3) is 0.167. The maximum atomic E-state index is 12.4. The van der Waals surface area contributed by atoms with Gasteiger partial charge in [-0.25, -0.2) is 4.79 Å². The molecule has 1 atom stereocenters. The highest BCUT2D eigenvalue weighted by Crippen LogP contribution is 2.29. The van der Waals surface area contributed by atoms with Crippen LogP contribution in [0.5, 0.6) is 0 Å². The zero-order valence-corrected chi connectivity index (χ0v) is 14.0. The first-order valence-corrected chi connectivity index (χ1v) is 7.94. The van der Waals surface area contributed by atoms with Crippen LogP contribution in [0.1, 0.15) is 12.0 Å². The molecule has 0 radical (unpaired) electrons. The summed E-state index contributed by atoms with van der Waals surface area (Å²) in [5.74, 6) is -4.10. The molecule has 28 heavy (non-hydrogen) atoms. The second-order valence-electron chi connectivity index (χ2n) is 5.92. The van der Waals surface area contributed by atoms with Crippen molar-refractivity contribution in [2.75, 3.05) is 0 Å². The second kappa shape index (κ2) is 7.22. The van der Waals surface area contributed by atoms with Crippen LogP contribution >= 0.6 is 0 Å². The number of oxime groups is 1. The number of carbonyl (C=O) groups is 2. The minimum absolute atomic E-state index is 0.206. The Hall–Kier alpha value is -3.56. The van der Waals surface area contributed by atoms with E-state index >= 15 is 0 Å². The standard InChI is InChI=1S/C18H13F3N2O5/c19-18(20,21)17(26)22-13(16(24)25)8-12(23-27)9-5-6-15-11(7-9)10-3-1-2-4-14(10)28-15/h1-7,13,27H,8H2,(H,22,26)(H,24,25)/b23-12+/t13-/m0/s1. The van der Waals surface area contributed by atoms with E-state index in [1.807, 2.05) is 0 Å². The number of fused-ring (bicyclic) bond motifs is 3. The van der Waals surface area contributed by atoms with Crippen molar-refractivity contribution in [2.45, 2.75) is 18.6 Å². The largest absolute Gasteiger partial charge is 0.480 e. The van der Waals surface area contributed by atoms with Gasteiger partial charge >= 0.3 is 18.1 Å². The molecule has 3 N–H and O–H groups in total. The van der Waals surface area contributed by atoms with Crippen LogP contribution in [0.4, 0.5) is 13.2 Å².